The molecule has 1 amide bonds. The number of carbonyl (C=O) groups is 1. The van der Waals surface area contributed by atoms with Gasteiger partial charge in [-0.2, -0.15) is 0 Å². The van der Waals surface area contributed by atoms with Gasteiger partial charge >= 0.3 is 0 Å². The molecule has 0 aliphatic carbocycles. The first-order valence-corrected chi connectivity index (χ1v) is 5.08. The van der Waals surface area contributed by atoms with Crippen LogP contribution in [0.5, 0.6) is 0 Å². The molecule has 4 nitrogen and oxygen atoms in total. The number of nitrogens with zero attached hydrogens (tertiary/aromatic N) is 2. The van der Waals surface area contributed by atoms with Gasteiger partial charge in [-0.15, -0.1) is 0 Å². The molecule has 1 saturated heterocycles. The molecule has 4 heteroatoms. The van der Waals surface area contributed by atoms with Gasteiger partial charge in [-0.1, -0.05) is 0 Å². The second-order valence-corrected chi connectivity index (χ2v) is 4.68. The zero-order valence-corrected chi connectivity index (χ0v) is 9.58. The van der Waals surface area contributed by atoms with Gasteiger partial charge in [-0.05, 0) is 27.3 Å². The van der Waals surface area contributed by atoms with E-state index in [0.29, 0.717) is 6.54 Å². The van der Waals surface area contributed by atoms with E-state index >= 15 is 0 Å². The average Bonchev–Trinajstić information content (AvgIpc) is 2.20. The first-order chi connectivity index (χ1) is 6.40. The highest BCUT2D eigenvalue weighted by molar-refractivity contribution is 5.82. The molecular weight excluding hydrogens is 178 g/mol. The van der Waals surface area contributed by atoms with Gasteiger partial charge in [0.15, 0.2) is 0 Å². The van der Waals surface area contributed by atoms with Gasteiger partial charge in [0.1, 0.15) is 6.04 Å². The molecule has 1 rings (SSSR count). The lowest BCUT2D eigenvalue weighted by atomic mass is 9.98. The number of hydrogen-bond donors (Lipinski definition) is 1. The normalized spacial score (nSPS) is 29.1. The van der Waals surface area contributed by atoms with Crippen molar-refractivity contribution in [2.24, 2.45) is 5.73 Å². The second-order valence-electron chi connectivity index (χ2n) is 4.68. The van der Waals surface area contributed by atoms with Crippen LogP contribution >= 0.6 is 0 Å². The summed E-state index contributed by atoms with van der Waals surface area (Å²) in [7, 11) is 3.83. The van der Waals surface area contributed by atoms with Crippen molar-refractivity contribution >= 4 is 5.91 Å². The minimum atomic E-state index is -0.169. The van der Waals surface area contributed by atoms with Crippen molar-refractivity contribution in [3.05, 3.63) is 0 Å². The lowest BCUT2D eigenvalue weighted by Gasteiger charge is -2.37. The molecule has 1 aliphatic rings. The molecule has 2 N–H and O–H groups in total. The highest BCUT2D eigenvalue weighted by Crippen LogP contribution is 2.23. The molecule has 0 aromatic heterocycles. The molecule has 1 atom stereocenters. The fraction of sp³-hybridized carbons (Fsp3) is 0.900. The Morgan fingerprint density at radius 3 is 2.57 bits per heavy atom. The zero-order valence-electron chi connectivity index (χ0n) is 9.58. The van der Waals surface area contributed by atoms with E-state index in [4.69, 9.17) is 5.73 Å². The van der Waals surface area contributed by atoms with Crippen LogP contribution in [0.4, 0.5) is 0 Å². The van der Waals surface area contributed by atoms with Crippen LogP contribution < -0.4 is 5.73 Å². The number of rotatable bonds is 1. The molecule has 0 saturated carbocycles. The molecule has 1 unspecified atom stereocenters. The van der Waals surface area contributed by atoms with Gasteiger partial charge in [-0.25, -0.2) is 0 Å². The molecular formula is C10H21N3O. The minimum Gasteiger partial charge on any atom is -0.344 e. The topological polar surface area (TPSA) is 49.6 Å². The Labute approximate surface area is 86.0 Å². The van der Waals surface area contributed by atoms with E-state index in [-0.39, 0.29) is 17.5 Å². The lowest BCUT2D eigenvalue weighted by Crippen LogP contribution is -2.53. The number of hydrogen-bond acceptors (Lipinski definition) is 3. The van der Waals surface area contributed by atoms with Crippen LogP contribution in [0.1, 0.15) is 20.3 Å². The van der Waals surface area contributed by atoms with Crippen molar-refractivity contribution in [1.82, 2.24) is 9.80 Å². The van der Waals surface area contributed by atoms with Crippen molar-refractivity contribution < 1.29 is 4.79 Å². The molecule has 0 spiro atoms. The smallest absolute Gasteiger partial charge is 0.240 e. The van der Waals surface area contributed by atoms with E-state index in [1.54, 1.807) is 4.90 Å². The predicted molar refractivity (Wildman–Crippen MR) is 56.9 cm³/mol. The van der Waals surface area contributed by atoms with Crippen molar-refractivity contribution in [2.75, 3.05) is 27.2 Å². The standard InChI is InChI=1S/C10H21N3O/c1-10(2)5-6-12(3)9(14)8(7-11)13(10)4/h8H,5-7,11H2,1-4H3. The summed E-state index contributed by atoms with van der Waals surface area (Å²) in [6, 6.07) is -0.169. The Bertz CT molecular complexity index is 227. The molecule has 82 valence electrons. The van der Waals surface area contributed by atoms with Gasteiger partial charge < -0.3 is 10.6 Å². The van der Waals surface area contributed by atoms with Gasteiger partial charge in [0.2, 0.25) is 5.91 Å². The van der Waals surface area contributed by atoms with E-state index in [2.05, 4.69) is 18.7 Å². The van der Waals surface area contributed by atoms with Gasteiger partial charge in [0, 0.05) is 25.7 Å². The summed E-state index contributed by atoms with van der Waals surface area (Å²) in [5.74, 6) is 0.139. The fourth-order valence-corrected chi connectivity index (χ4v) is 1.83. The first kappa shape index (κ1) is 11.5. The second kappa shape index (κ2) is 3.87. The summed E-state index contributed by atoms with van der Waals surface area (Å²) in [6.45, 7) is 5.51. The Morgan fingerprint density at radius 1 is 1.50 bits per heavy atom. The van der Waals surface area contributed by atoms with Crippen LogP contribution in [-0.4, -0.2) is 54.5 Å². The maximum atomic E-state index is 11.9. The van der Waals surface area contributed by atoms with E-state index in [1.807, 2.05) is 14.1 Å². The van der Waals surface area contributed by atoms with Crippen LogP contribution in [0.25, 0.3) is 0 Å². The molecule has 1 fully saturated rings. The van der Waals surface area contributed by atoms with Crippen LogP contribution in [0.2, 0.25) is 0 Å². The van der Waals surface area contributed by atoms with Crippen LogP contribution in [0, 0.1) is 0 Å². The maximum Gasteiger partial charge on any atom is 0.240 e. The van der Waals surface area contributed by atoms with Gasteiger partial charge in [-0.3, -0.25) is 9.69 Å². The predicted octanol–water partition coefficient (Wildman–Crippen LogP) is -0.114. The SMILES string of the molecule is CN1CCC(C)(C)N(C)C(CN)C1=O. The summed E-state index contributed by atoms with van der Waals surface area (Å²) in [5, 5.41) is 0. The summed E-state index contributed by atoms with van der Waals surface area (Å²) in [5.41, 5.74) is 5.69. The highest BCUT2D eigenvalue weighted by atomic mass is 16.2. The van der Waals surface area contributed by atoms with Crippen molar-refractivity contribution in [1.29, 1.82) is 0 Å². The molecule has 14 heavy (non-hydrogen) atoms. The molecule has 1 heterocycles. The number of nitrogens with two attached hydrogens (primary N) is 1. The first-order valence-electron chi connectivity index (χ1n) is 5.08. The lowest BCUT2D eigenvalue weighted by molar-refractivity contribution is -0.134. The quantitative estimate of drug-likeness (QED) is 0.641. The Hall–Kier alpha value is -0.610. The molecule has 0 aromatic carbocycles. The van der Waals surface area contributed by atoms with Crippen molar-refractivity contribution in [2.45, 2.75) is 31.8 Å². The number of carbonyl (C=O) groups excluding carboxylic acids is 1. The van der Waals surface area contributed by atoms with Gasteiger partial charge in [0.05, 0.1) is 0 Å². The molecule has 0 bridgehead atoms. The summed E-state index contributed by atoms with van der Waals surface area (Å²) < 4.78 is 0. The van der Waals surface area contributed by atoms with Crippen molar-refractivity contribution in [3.63, 3.8) is 0 Å². The molecule has 0 radical (unpaired) electrons. The van der Waals surface area contributed by atoms with E-state index in [9.17, 15) is 4.79 Å². The zero-order chi connectivity index (χ0) is 10.9. The molecule has 1 aliphatic heterocycles. The van der Waals surface area contributed by atoms with Crippen molar-refractivity contribution in [3.8, 4) is 0 Å². The Morgan fingerprint density at radius 2 is 2.07 bits per heavy atom. The van der Waals surface area contributed by atoms with E-state index < -0.39 is 0 Å². The van der Waals surface area contributed by atoms with Crippen LogP contribution in [0.3, 0.4) is 0 Å². The summed E-state index contributed by atoms with van der Waals surface area (Å²) >= 11 is 0. The number of likely N-dealkylation sites (N-methyl/N-ethyl adjacent to an activating group) is 2. The minimum absolute atomic E-state index is 0.0461. The van der Waals surface area contributed by atoms with Gasteiger partial charge in [0.25, 0.3) is 0 Å². The highest BCUT2D eigenvalue weighted by Gasteiger charge is 2.37. The van der Waals surface area contributed by atoms with E-state index in [0.717, 1.165) is 13.0 Å². The Balaban J connectivity index is 2.93. The maximum absolute atomic E-state index is 11.9. The summed E-state index contributed by atoms with van der Waals surface area (Å²) in [6.07, 6.45) is 0.988. The monoisotopic (exact) mass is 199 g/mol. The fourth-order valence-electron chi connectivity index (χ4n) is 1.83. The number of amides is 1. The summed E-state index contributed by atoms with van der Waals surface area (Å²) in [4.78, 5) is 15.8. The van der Waals surface area contributed by atoms with E-state index in [1.165, 1.54) is 0 Å². The largest absolute Gasteiger partial charge is 0.344 e. The third kappa shape index (κ3) is 1.91. The van der Waals surface area contributed by atoms with Crippen LogP contribution in [0.15, 0.2) is 0 Å². The third-order valence-corrected chi connectivity index (χ3v) is 3.37. The average molecular weight is 199 g/mol. The third-order valence-electron chi connectivity index (χ3n) is 3.37. The Kier molecular flexibility index (Phi) is 3.17. The van der Waals surface area contributed by atoms with Crippen LogP contribution in [-0.2, 0) is 4.79 Å². The molecule has 0 aromatic rings.